The molecule has 1 aromatic heterocycles. The highest BCUT2D eigenvalue weighted by molar-refractivity contribution is 7.98. The topological polar surface area (TPSA) is 45.5 Å². The zero-order valence-corrected chi connectivity index (χ0v) is 16.4. The van der Waals surface area contributed by atoms with Crippen molar-refractivity contribution >= 4 is 30.1 Å². The Morgan fingerprint density at radius 1 is 1.15 bits per heavy atom. The number of amides is 1. The number of likely N-dealkylation sites (tertiary alicyclic amines) is 1. The molecule has 2 aliphatic heterocycles. The van der Waals surface area contributed by atoms with Gasteiger partial charge in [-0.25, -0.2) is 0 Å². The van der Waals surface area contributed by atoms with Crippen molar-refractivity contribution in [1.82, 2.24) is 10.2 Å². The van der Waals surface area contributed by atoms with Crippen LogP contribution >= 0.6 is 24.2 Å². The summed E-state index contributed by atoms with van der Waals surface area (Å²) in [5.41, 5.74) is 1.41. The Morgan fingerprint density at radius 2 is 1.92 bits per heavy atom. The Kier molecular flexibility index (Phi) is 6.33. The first-order chi connectivity index (χ1) is 12.3. The monoisotopic (exact) mass is 392 g/mol. The van der Waals surface area contributed by atoms with Gasteiger partial charge in [0.2, 0.25) is 0 Å². The highest BCUT2D eigenvalue weighted by Gasteiger charge is 2.38. The lowest BCUT2D eigenvalue weighted by Crippen LogP contribution is -2.44. The molecule has 140 valence electrons. The van der Waals surface area contributed by atoms with Gasteiger partial charge >= 0.3 is 0 Å². The molecule has 1 amide bonds. The summed E-state index contributed by atoms with van der Waals surface area (Å²) < 4.78 is 5.57. The smallest absolute Gasteiger partial charge is 0.289 e. The van der Waals surface area contributed by atoms with Gasteiger partial charge < -0.3 is 14.6 Å². The fourth-order valence-electron chi connectivity index (χ4n) is 3.86. The molecule has 4 nitrogen and oxygen atoms in total. The van der Waals surface area contributed by atoms with Gasteiger partial charge in [0, 0.05) is 35.8 Å². The molecule has 1 N–H and O–H groups in total. The molecular formula is C20H25ClN2O2S. The van der Waals surface area contributed by atoms with E-state index in [1.807, 2.05) is 29.2 Å². The number of carbonyl (C=O) groups is 1. The van der Waals surface area contributed by atoms with Crippen molar-refractivity contribution in [2.24, 2.45) is 5.41 Å². The van der Waals surface area contributed by atoms with Gasteiger partial charge in [-0.15, -0.1) is 24.2 Å². The van der Waals surface area contributed by atoms with Crippen LogP contribution in [0.3, 0.4) is 0 Å². The number of nitrogens with one attached hydrogen (secondary N) is 1. The number of nitrogens with zero attached hydrogens (tertiary/aromatic N) is 1. The van der Waals surface area contributed by atoms with Crippen molar-refractivity contribution in [3.63, 3.8) is 0 Å². The van der Waals surface area contributed by atoms with Crippen LogP contribution in [-0.4, -0.2) is 37.0 Å². The summed E-state index contributed by atoms with van der Waals surface area (Å²) in [6, 6.07) is 12.2. The summed E-state index contributed by atoms with van der Waals surface area (Å²) in [6.07, 6.45) is 5.08. The number of halogens is 1. The lowest BCUT2D eigenvalue weighted by Gasteiger charge is -2.38. The van der Waals surface area contributed by atoms with E-state index in [-0.39, 0.29) is 18.3 Å². The highest BCUT2D eigenvalue weighted by atomic mass is 35.5. The first-order valence-corrected chi connectivity index (χ1v) is 9.99. The standard InChI is InChI=1S/C20H24N2O2S.ClH/c23-19(22-11-8-20(9-12-22)7-10-21-15-20)18-16(6-13-24-18)14-25-17-4-2-1-3-5-17;/h1-6,13,21H,7-12,14-15H2;1H. The normalized spacial score (nSPS) is 18.7. The molecule has 26 heavy (non-hydrogen) atoms. The average Bonchev–Trinajstić information content (AvgIpc) is 3.31. The van der Waals surface area contributed by atoms with Crippen molar-refractivity contribution in [3.8, 4) is 0 Å². The van der Waals surface area contributed by atoms with Gasteiger partial charge in [-0.2, -0.15) is 0 Å². The summed E-state index contributed by atoms with van der Waals surface area (Å²) in [5.74, 6) is 1.32. The summed E-state index contributed by atoms with van der Waals surface area (Å²) in [4.78, 5) is 16.1. The second-order valence-corrected chi connectivity index (χ2v) is 8.14. The Hall–Kier alpha value is -1.43. The van der Waals surface area contributed by atoms with Gasteiger partial charge in [0.25, 0.3) is 5.91 Å². The number of hydrogen-bond donors (Lipinski definition) is 1. The summed E-state index contributed by atoms with van der Waals surface area (Å²) >= 11 is 1.73. The van der Waals surface area contributed by atoms with E-state index >= 15 is 0 Å². The summed E-state index contributed by atoms with van der Waals surface area (Å²) in [5, 5.41) is 3.47. The number of hydrogen-bond acceptors (Lipinski definition) is 4. The molecule has 2 aliphatic rings. The molecule has 4 rings (SSSR count). The second kappa shape index (κ2) is 8.51. The van der Waals surface area contributed by atoms with E-state index in [9.17, 15) is 4.79 Å². The van der Waals surface area contributed by atoms with Crippen molar-refractivity contribution in [1.29, 1.82) is 0 Å². The average molecular weight is 393 g/mol. The first kappa shape index (κ1) is 19.3. The molecule has 0 unspecified atom stereocenters. The number of furan rings is 1. The van der Waals surface area contributed by atoms with Crippen LogP contribution in [0.2, 0.25) is 0 Å². The van der Waals surface area contributed by atoms with Crippen LogP contribution < -0.4 is 5.32 Å². The Balaban J connectivity index is 0.00000196. The van der Waals surface area contributed by atoms with Crippen LogP contribution in [0.25, 0.3) is 0 Å². The molecule has 0 aliphatic carbocycles. The Labute approximate surface area is 165 Å². The third-order valence-corrected chi connectivity index (χ3v) is 6.58. The minimum atomic E-state index is 0. The maximum absolute atomic E-state index is 12.9. The zero-order chi connectivity index (χ0) is 17.1. The molecular weight excluding hydrogens is 368 g/mol. The number of benzene rings is 1. The van der Waals surface area contributed by atoms with Crippen LogP contribution in [0.4, 0.5) is 0 Å². The van der Waals surface area contributed by atoms with Gasteiger partial charge in [-0.1, -0.05) is 18.2 Å². The quantitative estimate of drug-likeness (QED) is 0.791. The molecule has 6 heteroatoms. The molecule has 2 aromatic rings. The molecule has 2 fully saturated rings. The van der Waals surface area contributed by atoms with Gasteiger partial charge in [-0.3, -0.25) is 4.79 Å². The summed E-state index contributed by atoms with van der Waals surface area (Å²) in [7, 11) is 0. The van der Waals surface area contributed by atoms with Crippen molar-refractivity contribution in [2.45, 2.75) is 29.9 Å². The lowest BCUT2D eigenvalue weighted by molar-refractivity contribution is 0.0576. The van der Waals surface area contributed by atoms with E-state index in [0.717, 1.165) is 50.3 Å². The third kappa shape index (κ3) is 4.11. The SMILES string of the molecule is Cl.O=C(c1occc1CSc1ccccc1)N1CCC2(CCNC2)CC1. The minimum absolute atomic E-state index is 0. The molecule has 1 aromatic carbocycles. The second-order valence-electron chi connectivity index (χ2n) is 7.10. The molecule has 1 spiro atoms. The molecule has 2 saturated heterocycles. The molecule has 0 saturated carbocycles. The van der Waals surface area contributed by atoms with Gasteiger partial charge in [0.1, 0.15) is 0 Å². The van der Waals surface area contributed by atoms with E-state index < -0.39 is 0 Å². The van der Waals surface area contributed by atoms with Crippen LogP contribution in [0.1, 0.15) is 35.4 Å². The van der Waals surface area contributed by atoms with E-state index in [4.69, 9.17) is 4.42 Å². The van der Waals surface area contributed by atoms with Crippen LogP contribution in [0, 0.1) is 5.41 Å². The van der Waals surface area contributed by atoms with Gasteiger partial charge in [0.05, 0.1) is 6.26 Å². The molecule has 0 atom stereocenters. The number of carbonyl (C=O) groups excluding carboxylic acids is 1. The Morgan fingerprint density at radius 3 is 2.62 bits per heavy atom. The fraction of sp³-hybridized carbons (Fsp3) is 0.450. The third-order valence-electron chi connectivity index (χ3n) is 5.52. The largest absolute Gasteiger partial charge is 0.459 e. The van der Waals surface area contributed by atoms with Crippen LogP contribution in [-0.2, 0) is 5.75 Å². The van der Waals surface area contributed by atoms with Crippen molar-refractivity contribution < 1.29 is 9.21 Å². The van der Waals surface area contributed by atoms with E-state index in [2.05, 4.69) is 17.4 Å². The first-order valence-electron chi connectivity index (χ1n) is 9.00. The predicted octanol–water partition coefficient (Wildman–Crippen LogP) is 4.21. The molecule has 3 heterocycles. The van der Waals surface area contributed by atoms with Gasteiger partial charge in [-0.05, 0) is 49.4 Å². The fourth-order valence-corrected chi connectivity index (χ4v) is 4.76. The van der Waals surface area contributed by atoms with Gasteiger partial charge in [0.15, 0.2) is 5.76 Å². The van der Waals surface area contributed by atoms with E-state index in [1.165, 1.54) is 11.3 Å². The summed E-state index contributed by atoms with van der Waals surface area (Å²) in [6.45, 7) is 3.90. The molecule has 0 bridgehead atoms. The maximum atomic E-state index is 12.9. The highest BCUT2D eigenvalue weighted by Crippen LogP contribution is 2.37. The minimum Gasteiger partial charge on any atom is -0.459 e. The predicted molar refractivity (Wildman–Crippen MR) is 107 cm³/mol. The zero-order valence-electron chi connectivity index (χ0n) is 14.8. The van der Waals surface area contributed by atoms with E-state index in [1.54, 1.807) is 18.0 Å². The molecule has 0 radical (unpaired) electrons. The van der Waals surface area contributed by atoms with Crippen LogP contribution in [0.5, 0.6) is 0 Å². The van der Waals surface area contributed by atoms with E-state index in [0.29, 0.717) is 11.2 Å². The number of thioether (sulfide) groups is 1. The van der Waals surface area contributed by atoms with Crippen LogP contribution in [0.15, 0.2) is 52.0 Å². The van der Waals surface area contributed by atoms with Crippen molar-refractivity contribution in [3.05, 3.63) is 54.0 Å². The Bertz CT molecular complexity index is 718. The lowest BCUT2D eigenvalue weighted by atomic mass is 9.78. The number of rotatable bonds is 4. The van der Waals surface area contributed by atoms with Crippen molar-refractivity contribution in [2.75, 3.05) is 26.2 Å². The maximum Gasteiger partial charge on any atom is 0.289 e. The number of piperidine rings is 1.